The number of likely N-dealkylation sites (N-methyl/N-ethyl adjacent to an activating group) is 1. The van der Waals surface area contributed by atoms with Gasteiger partial charge in [-0.15, -0.1) is 11.3 Å². The molecule has 0 saturated carbocycles. The summed E-state index contributed by atoms with van der Waals surface area (Å²) < 4.78 is 22.0. The third-order valence-electron chi connectivity index (χ3n) is 2.47. The van der Waals surface area contributed by atoms with E-state index in [1.54, 1.807) is 18.4 Å². The second kappa shape index (κ2) is 6.31. The molecule has 0 aliphatic rings. The highest BCUT2D eigenvalue weighted by Crippen LogP contribution is 2.11. The number of carbonyl (C=O) groups excluding carboxylic acids is 1. The van der Waals surface area contributed by atoms with E-state index in [0.717, 1.165) is 11.1 Å². The van der Waals surface area contributed by atoms with Gasteiger partial charge >= 0.3 is 0 Å². The number of nitrogens with zero attached hydrogens (tertiary/aromatic N) is 1. The molecular weight excluding hydrogens is 272 g/mol. The molecule has 0 bridgehead atoms. The fraction of sp³-hybridized carbons (Fsp3) is 0.545. The van der Waals surface area contributed by atoms with Crippen LogP contribution in [0.15, 0.2) is 17.5 Å². The average Bonchev–Trinajstić information content (AvgIpc) is 2.76. The lowest BCUT2D eigenvalue weighted by Crippen LogP contribution is -2.42. The number of hydrogen-bond donors (Lipinski definition) is 1. The summed E-state index contributed by atoms with van der Waals surface area (Å²) in [5.74, 6) is -0.292. The Morgan fingerprint density at radius 2 is 2.22 bits per heavy atom. The minimum Gasteiger partial charge on any atom is -0.339 e. The van der Waals surface area contributed by atoms with Crippen molar-refractivity contribution in [3.05, 3.63) is 22.4 Å². The number of nitrogens with two attached hydrogens (primary N) is 1. The molecule has 0 aliphatic heterocycles. The maximum atomic E-state index is 11.9. The Balaban J connectivity index is 2.47. The van der Waals surface area contributed by atoms with E-state index in [1.165, 1.54) is 4.90 Å². The molecule has 1 aromatic heterocycles. The zero-order valence-corrected chi connectivity index (χ0v) is 12.1. The van der Waals surface area contributed by atoms with Crippen molar-refractivity contribution in [3.63, 3.8) is 0 Å². The van der Waals surface area contributed by atoms with E-state index >= 15 is 0 Å². The molecule has 1 heterocycles. The summed E-state index contributed by atoms with van der Waals surface area (Å²) in [7, 11) is -1.41. The zero-order chi connectivity index (χ0) is 13.8. The van der Waals surface area contributed by atoms with Crippen LogP contribution in [0.4, 0.5) is 0 Å². The number of hydrogen-bond acceptors (Lipinski definition) is 5. The van der Waals surface area contributed by atoms with E-state index < -0.39 is 15.9 Å². The van der Waals surface area contributed by atoms with Crippen LogP contribution < -0.4 is 5.73 Å². The van der Waals surface area contributed by atoms with Crippen molar-refractivity contribution < 1.29 is 13.2 Å². The summed E-state index contributed by atoms with van der Waals surface area (Å²) in [5.41, 5.74) is 5.70. The minimum atomic E-state index is -3.08. The number of rotatable bonds is 6. The van der Waals surface area contributed by atoms with Gasteiger partial charge in [0, 0.05) is 18.2 Å². The maximum Gasteiger partial charge on any atom is 0.239 e. The topological polar surface area (TPSA) is 80.5 Å². The van der Waals surface area contributed by atoms with Crippen molar-refractivity contribution in [1.29, 1.82) is 0 Å². The van der Waals surface area contributed by atoms with Crippen LogP contribution in [0.3, 0.4) is 0 Å². The second-order valence-corrected chi connectivity index (χ2v) is 7.59. The van der Waals surface area contributed by atoms with Crippen LogP contribution in [-0.4, -0.2) is 44.3 Å². The van der Waals surface area contributed by atoms with Gasteiger partial charge in [-0.1, -0.05) is 6.07 Å². The lowest BCUT2D eigenvalue weighted by Gasteiger charge is -2.20. The smallest absolute Gasteiger partial charge is 0.239 e. The molecule has 102 valence electrons. The van der Waals surface area contributed by atoms with Gasteiger partial charge in [-0.25, -0.2) is 8.42 Å². The molecule has 0 unspecified atom stereocenters. The molecule has 1 rings (SSSR count). The first-order valence-electron chi connectivity index (χ1n) is 5.50. The highest BCUT2D eigenvalue weighted by molar-refractivity contribution is 7.90. The number of thiophene rings is 1. The van der Waals surface area contributed by atoms with Crippen molar-refractivity contribution in [2.45, 2.75) is 19.0 Å². The van der Waals surface area contributed by atoms with Crippen molar-refractivity contribution in [1.82, 2.24) is 4.90 Å². The van der Waals surface area contributed by atoms with Gasteiger partial charge in [0.1, 0.15) is 9.84 Å². The van der Waals surface area contributed by atoms with Crippen molar-refractivity contribution in [2.24, 2.45) is 5.73 Å². The standard InChI is InChI=1S/C11H18N2O3S2/c1-13(8-9-4-3-6-17-9)11(14)10(12)5-7-18(2,15)16/h3-4,6,10H,5,7-8,12H2,1-2H3/t10-/m1/s1. The maximum absolute atomic E-state index is 11.9. The Kier molecular flexibility index (Phi) is 5.30. The SMILES string of the molecule is CN(Cc1cccs1)C(=O)[C@H](N)CCS(C)(=O)=O. The molecular formula is C11H18N2O3S2. The first-order valence-corrected chi connectivity index (χ1v) is 8.44. The fourth-order valence-corrected chi connectivity index (χ4v) is 2.90. The summed E-state index contributed by atoms with van der Waals surface area (Å²) >= 11 is 1.57. The molecule has 0 spiro atoms. The van der Waals surface area contributed by atoms with Gasteiger partial charge in [0.2, 0.25) is 5.91 Å². The Labute approximate surface area is 112 Å². The van der Waals surface area contributed by atoms with Crippen LogP contribution in [0.5, 0.6) is 0 Å². The third kappa shape index (κ3) is 5.16. The molecule has 0 fully saturated rings. The summed E-state index contributed by atoms with van der Waals surface area (Å²) in [6.45, 7) is 0.503. The van der Waals surface area contributed by atoms with Crippen LogP contribution in [0, 0.1) is 0 Å². The minimum absolute atomic E-state index is 0.0627. The highest BCUT2D eigenvalue weighted by atomic mass is 32.2. The number of carbonyl (C=O) groups is 1. The molecule has 2 N–H and O–H groups in total. The Hall–Kier alpha value is -0.920. The number of sulfone groups is 1. The molecule has 1 amide bonds. The lowest BCUT2D eigenvalue weighted by atomic mass is 10.2. The van der Waals surface area contributed by atoms with Crippen LogP contribution in [0.2, 0.25) is 0 Å². The van der Waals surface area contributed by atoms with Gasteiger partial charge < -0.3 is 10.6 Å². The van der Waals surface area contributed by atoms with Crippen LogP contribution >= 0.6 is 11.3 Å². The molecule has 5 nitrogen and oxygen atoms in total. The van der Waals surface area contributed by atoms with Crippen LogP contribution in [0.1, 0.15) is 11.3 Å². The summed E-state index contributed by atoms with van der Waals surface area (Å²) in [6.07, 6.45) is 1.30. The molecule has 0 radical (unpaired) electrons. The largest absolute Gasteiger partial charge is 0.339 e. The summed E-state index contributed by atoms with van der Waals surface area (Å²) in [6, 6.07) is 3.10. The van der Waals surface area contributed by atoms with Gasteiger partial charge in [-0.05, 0) is 17.9 Å². The van der Waals surface area contributed by atoms with Gasteiger partial charge in [0.05, 0.1) is 18.3 Å². The molecule has 18 heavy (non-hydrogen) atoms. The van der Waals surface area contributed by atoms with Crippen molar-refractivity contribution in [3.8, 4) is 0 Å². The highest BCUT2D eigenvalue weighted by Gasteiger charge is 2.19. The predicted octanol–water partition coefficient (Wildman–Crippen LogP) is 0.469. The molecule has 0 saturated heterocycles. The molecule has 1 atom stereocenters. The van der Waals surface area contributed by atoms with Gasteiger partial charge in [-0.2, -0.15) is 0 Å². The first kappa shape index (κ1) is 15.1. The van der Waals surface area contributed by atoms with E-state index in [2.05, 4.69) is 0 Å². The lowest BCUT2D eigenvalue weighted by molar-refractivity contribution is -0.131. The van der Waals surface area contributed by atoms with Crippen molar-refractivity contribution >= 4 is 27.1 Å². The second-order valence-electron chi connectivity index (χ2n) is 4.30. The Bertz CT molecular complexity index is 482. The van der Waals surface area contributed by atoms with Crippen molar-refractivity contribution in [2.75, 3.05) is 19.1 Å². The quantitative estimate of drug-likeness (QED) is 0.826. The third-order valence-corrected chi connectivity index (χ3v) is 4.30. The molecule has 7 heteroatoms. The summed E-state index contributed by atoms with van der Waals surface area (Å²) in [5, 5.41) is 1.94. The van der Waals surface area contributed by atoms with Crippen LogP contribution in [-0.2, 0) is 21.2 Å². The zero-order valence-electron chi connectivity index (χ0n) is 10.5. The fourth-order valence-electron chi connectivity index (χ4n) is 1.46. The van der Waals surface area contributed by atoms with Gasteiger partial charge in [0.25, 0.3) is 0 Å². The average molecular weight is 290 g/mol. The van der Waals surface area contributed by atoms with Gasteiger partial charge in [-0.3, -0.25) is 4.79 Å². The predicted molar refractivity (Wildman–Crippen MR) is 73.1 cm³/mol. The van der Waals surface area contributed by atoms with E-state index in [-0.39, 0.29) is 18.1 Å². The van der Waals surface area contributed by atoms with E-state index in [1.807, 2.05) is 17.5 Å². The normalized spacial score (nSPS) is 13.3. The molecule has 0 aliphatic carbocycles. The molecule has 1 aromatic rings. The van der Waals surface area contributed by atoms with E-state index in [4.69, 9.17) is 5.73 Å². The first-order chi connectivity index (χ1) is 8.29. The monoisotopic (exact) mass is 290 g/mol. The van der Waals surface area contributed by atoms with Crippen LogP contribution in [0.25, 0.3) is 0 Å². The molecule has 0 aromatic carbocycles. The summed E-state index contributed by atoms with van der Waals surface area (Å²) in [4.78, 5) is 14.5. The Morgan fingerprint density at radius 1 is 1.56 bits per heavy atom. The van der Waals surface area contributed by atoms with E-state index in [0.29, 0.717) is 6.54 Å². The van der Waals surface area contributed by atoms with Gasteiger partial charge in [0.15, 0.2) is 0 Å². The van der Waals surface area contributed by atoms with E-state index in [9.17, 15) is 13.2 Å². The number of amides is 1. The Morgan fingerprint density at radius 3 is 2.72 bits per heavy atom.